The minimum Gasteiger partial charge on any atom is -0.487 e. The number of ether oxygens (including phenoxy) is 1. The zero-order valence-electron chi connectivity index (χ0n) is 19.4. The van der Waals surface area contributed by atoms with E-state index in [1.165, 1.54) is 11.1 Å². The van der Waals surface area contributed by atoms with Gasteiger partial charge in [0.25, 0.3) is 0 Å². The van der Waals surface area contributed by atoms with Crippen molar-refractivity contribution in [3.63, 3.8) is 0 Å². The van der Waals surface area contributed by atoms with Crippen LogP contribution in [0.25, 0.3) is 0 Å². The smallest absolute Gasteiger partial charge is 0.325 e. The molecular weight excluding hydrogens is 400 g/mol. The molecule has 3 aliphatic rings. The minimum absolute atomic E-state index is 0.00572. The first-order valence-corrected chi connectivity index (χ1v) is 11.9. The number of carbonyl (C=O) groups excluding carboxylic acids is 1. The van der Waals surface area contributed by atoms with E-state index in [4.69, 9.17) is 4.74 Å². The van der Waals surface area contributed by atoms with Gasteiger partial charge in [-0.1, -0.05) is 43.3 Å². The minimum atomic E-state index is -0.178. The molecule has 6 nitrogen and oxygen atoms in total. The third kappa shape index (κ3) is 3.76. The van der Waals surface area contributed by atoms with Gasteiger partial charge in [0.2, 0.25) is 0 Å². The lowest BCUT2D eigenvalue weighted by atomic mass is 9.96. The van der Waals surface area contributed by atoms with Crippen LogP contribution in [0, 0.1) is 0 Å². The van der Waals surface area contributed by atoms with E-state index in [0.29, 0.717) is 0 Å². The molecule has 170 valence electrons. The summed E-state index contributed by atoms with van der Waals surface area (Å²) >= 11 is 0. The van der Waals surface area contributed by atoms with Crippen molar-refractivity contribution < 1.29 is 9.53 Å². The summed E-state index contributed by atoms with van der Waals surface area (Å²) < 4.78 is 6.44. The Bertz CT molecular complexity index is 977. The van der Waals surface area contributed by atoms with Crippen LogP contribution in [0.2, 0.25) is 0 Å². The normalized spacial score (nSPS) is 25.2. The van der Waals surface area contributed by atoms with Crippen LogP contribution in [-0.4, -0.2) is 60.3 Å². The third-order valence-corrected chi connectivity index (χ3v) is 6.83. The van der Waals surface area contributed by atoms with E-state index >= 15 is 0 Å². The van der Waals surface area contributed by atoms with Gasteiger partial charge in [0.1, 0.15) is 17.5 Å². The molecule has 3 aliphatic heterocycles. The van der Waals surface area contributed by atoms with Gasteiger partial charge in [0.15, 0.2) is 0 Å². The molecule has 0 bridgehead atoms. The average Bonchev–Trinajstić information content (AvgIpc) is 3.29. The van der Waals surface area contributed by atoms with Crippen molar-refractivity contribution >= 4 is 11.7 Å². The SMILES string of the molecule is CCCN1CC(N2CCNCC2c2cccc3c2OC(C)(C)C3)N(c2ccccc2)C1=O. The third-order valence-electron chi connectivity index (χ3n) is 6.83. The molecule has 2 unspecified atom stereocenters. The lowest BCUT2D eigenvalue weighted by Crippen LogP contribution is -2.56. The molecule has 2 amide bonds. The van der Waals surface area contributed by atoms with Crippen LogP contribution in [0.5, 0.6) is 5.75 Å². The molecular formula is C26H34N4O2. The highest BCUT2D eigenvalue weighted by Gasteiger charge is 2.45. The molecule has 1 N–H and O–H groups in total. The Labute approximate surface area is 191 Å². The van der Waals surface area contributed by atoms with Crippen molar-refractivity contribution in [3.8, 4) is 5.75 Å². The van der Waals surface area contributed by atoms with Gasteiger partial charge in [-0.25, -0.2) is 4.79 Å². The van der Waals surface area contributed by atoms with Crippen LogP contribution in [0.4, 0.5) is 10.5 Å². The van der Waals surface area contributed by atoms with E-state index in [2.05, 4.69) is 49.2 Å². The van der Waals surface area contributed by atoms with Crippen molar-refractivity contribution in [2.24, 2.45) is 0 Å². The number of hydrogen-bond acceptors (Lipinski definition) is 4. The molecule has 2 aromatic rings. The molecule has 5 rings (SSSR count). The van der Waals surface area contributed by atoms with Crippen molar-refractivity contribution in [1.29, 1.82) is 0 Å². The maximum Gasteiger partial charge on any atom is 0.325 e. The van der Waals surface area contributed by atoms with E-state index < -0.39 is 0 Å². The highest BCUT2D eigenvalue weighted by molar-refractivity contribution is 5.95. The zero-order chi connectivity index (χ0) is 22.3. The number of amides is 2. The van der Waals surface area contributed by atoms with Crippen molar-refractivity contribution in [1.82, 2.24) is 15.1 Å². The van der Waals surface area contributed by atoms with Gasteiger partial charge in [0.05, 0.1) is 12.6 Å². The maximum absolute atomic E-state index is 13.4. The van der Waals surface area contributed by atoms with Gasteiger partial charge >= 0.3 is 6.03 Å². The molecule has 2 atom stereocenters. The number of hydrogen-bond donors (Lipinski definition) is 1. The van der Waals surface area contributed by atoms with Crippen LogP contribution >= 0.6 is 0 Å². The summed E-state index contributed by atoms with van der Waals surface area (Å²) in [5.74, 6) is 1.04. The van der Waals surface area contributed by atoms with Crippen LogP contribution < -0.4 is 15.0 Å². The maximum atomic E-state index is 13.4. The van der Waals surface area contributed by atoms with Gasteiger partial charge in [0, 0.05) is 43.9 Å². The van der Waals surface area contributed by atoms with Gasteiger partial charge < -0.3 is 15.0 Å². The second-order valence-electron chi connectivity index (χ2n) is 9.75. The fourth-order valence-corrected chi connectivity index (χ4v) is 5.49. The molecule has 0 aromatic heterocycles. The summed E-state index contributed by atoms with van der Waals surface area (Å²) in [6.07, 6.45) is 1.88. The van der Waals surface area contributed by atoms with E-state index in [-0.39, 0.29) is 23.8 Å². The van der Waals surface area contributed by atoms with E-state index in [1.54, 1.807) is 0 Å². The van der Waals surface area contributed by atoms with Crippen LogP contribution in [-0.2, 0) is 6.42 Å². The quantitative estimate of drug-likeness (QED) is 0.772. The fourth-order valence-electron chi connectivity index (χ4n) is 5.49. The van der Waals surface area contributed by atoms with Crippen molar-refractivity contribution in [2.75, 3.05) is 37.6 Å². The molecule has 6 heteroatoms. The summed E-state index contributed by atoms with van der Waals surface area (Å²) in [5, 5.41) is 3.59. The summed E-state index contributed by atoms with van der Waals surface area (Å²) in [6.45, 7) is 10.6. The van der Waals surface area contributed by atoms with Crippen LogP contribution in [0.15, 0.2) is 48.5 Å². The van der Waals surface area contributed by atoms with Crippen molar-refractivity contribution in [3.05, 3.63) is 59.7 Å². The summed E-state index contributed by atoms with van der Waals surface area (Å²) in [6, 6.07) is 16.9. The number of fused-ring (bicyclic) bond motifs is 1. The highest BCUT2D eigenvalue weighted by atomic mass is 16.5. The molecule has 2 saturated heterocycles. The molecule has 2 fully saturated rings. The number of piperazine rings is 1. The molecule has 3 heterocycles. The summed E-state index contributed by atoms with van der Waals surface area (Å²) in [7, 11) is 0. The Hall–Kier alpha value is -2.57. The number of benzene rings is 2. The molecule has 0 radical (unpaired) electrons. The first-order valence-electron chi connectivity index (χ1n) is 11.9. The Kier molecular flexibility index (Phi) is 5.59. The number of rotatable bonds is 5. The average molecular weight is 435 g/mol. The topological polar surface area (TPSA) is 48.0 Å². The molecule has 0 saturated carbocycles. The number of anilines is 1. The first-order chi connectivity index (χ1) is 15.5. The second kappa shape index (κ2) is 8.41. The largest absolute Gasteiger partial charge is 0.487 e. The predicted octanol–water partition coefficient (Wildman–Crippen LogP) is 4.02. The molecule has 32 heavy (non-hydrogen) atoms. The highest BCUT2D eigenvalue weighted by Crippen LogP contribution is 2.43. The van der Waals surface area contributed by atoms with Gasteiger partial charge in [-0.05, 0) is 38.0 Å². The summed E-state index contributed by atoms with van der Waals surface area (Å²) in [4.78, 5) is 20.0. The Morgan fingerprint density at radius 2 is 1.94 bits per heavy atom. The molecule has 2 aromatic carbocycles. The monoisotopic (exact) mass is 434 g/mol. The van der Waals surface area contributed by atoms with E-state index in [1.807, 2.05) is 40.1 Å². The Morgan fingerprint density at radius 1 is 1.12 bits per heavy atom. The van der Waals surface area contributed by atoms with Gasteiger partial charge in [-0.2, -0.15) is 0 Å². The molecule has 0 aliphatic carbocycles. The predicted molar refractivity (Wildman–Crippen MR) is 127 cm³/mol. The lowest BCUT2D eigenvalue weighted by molar-refractivity contribution is 0.0989. The van der Waals surface area contributed by atoms with Crippen LogP contribution in [0.3, 0.4) is 0 Å². The Morgan fingerprint density at radius 3 is 2.72 bits per heavy atom. The van der Waals surface area contributed by atoms with Gasteiger partial charge in [-0.15, -0.1) is 0 Å². The lowest BCUT2D eigenvalue weighted by Gasteiger charge is -2.43. The standard InChI is InChI=1S/C26H34N4O2/c1-4-14-28-18-23(30(25(28)31)20-10-6-5-7-11-20)29-15-13-27-17-22(29)21-12-8-9-19-16-26(2,3)32-24(19)21/h5-12,22-23,27H,4,13-18H2,1-3H3. The van der Waals surface area contributed by atoms with Gasteiger partial charge in [-0.3, -0.25) is 9.80 Å². The zero-order valence-corrected chi connectivity index (χ0v) is 19.4. The number of para-hydroxylation sites is 2. The first kappa shape index (κ1) is 21.3. The number of urea groups is 1. The fraction of sp³-hybridized carbons (Fsp3) is 0.500. The van der Waals surface area contributed by atoms with E-state index in [0.717, 1.165) is 57.0 Å². The molecule has 0 spiro atoms. The van der Waals surface area contributed by atoms with Crippen LogP contribution in [0.1, 0.15) is 44.4 Å². The summed E-state index contributed by atoms with van der Waals surface area (Å²) in [5.41, 5.74) is 3.31. The van der Waals surface area contributed by atoms with Crippen molar-refractivity contribution in [2.45, 2.75) is 51.4 Å². The Balaban J connectivity index is 1.52. The van der Waals surface area contributed by atoms with E-state index in [9.17, 15) is 4.79 Å². The number of nitrogens with one attached hydrogen (secondary N) is 1. The number of carbonyl (C=O) groups is 1. The number of nitrogens with zero attached hydrogens (tertiary/aromatic N) is 3. The second-order valence-corrected chi connectivity index (χ2v) is 9.75.